The zero-order valence-electron chi connectivity index (χ0n) is 15.3. The van der Waals surface area contributed by atoms with E-state index in [4.69, 9.17) is 17.4 Å². The number of hydrogen-bond acceptors (Lipinski definition) is 4. The van der Waals surface area contributed by atoms with E-state index in [-0.39, 0.29) is 28.9 Å². The number of amides is 1. The van der Waals surface area contributed by atoms with Crippen LogP contribution in [0.25, 0.3) is 0 Å². The molecule has 0 radical (unpaired) electrons. The van der Waals surface area contributed by atoms with Crippen molar-refractivity contribution in [3.05, 3.63) is 29.8 Å². The summed E-state index contributed by atoms with van der Waals surface area (Å²) >= 11 is 5.38. The minimum absolute atomic E-state index is 0.0628. The first-order valence-electron chi connectivity index (χ1n) is 8.45. The van der Waals surface area contributed by atoms with Gasteiger partial charge in [-0.2, -0.15) is 0 Å². The quantitative estimate of drug-likeness (QED) is 0.611. The Morgan fingerprint density at radius 1 is 1.38 bits per heavy atom. The van der Waals surface area contributed by atoms with Crippen LogP contribution in [0.15, 0.2) is 29.2 Å². The molecule has 0 spiro atoms. The number of carbonyl (C=O) groups is 1. The molecule has 0 aromatic heterocycles. The molecule has 0 bridgehead atoms. The first-order chi connectivity index (χ1) is 12.0. The van der Waals surface area contributed by atoms with E-state index >= 15 is 0 Å². The Balaban J connectivity index is 1.81. The van der Waals surface area contributed by atoms with Crippen LogP contribution >= 0.6 is 12.2 Å². The highest BCUT2D eigenvalue weighted by Crippen LogP contribution is 2.21. The number of sulfonamides is 1. The second-order valence-electron chi connectivity index (χ2n) is 7.28. The maximum atomic E-state index is 12.2. The number of thiocarbonyl (C=S) groups is 1. The Bertz CT molecular complexity index is 776. The molecule has 144 valence electrons. The lowest BCUT2D eigenvalue weighted by Crippen LogP contribution is -2.61. The molecule has 2 rings (SSSR count). The smallest absolute Gasteiger partial charge is 0.239 e. The maximum absolute atomic E-state index is 12.2. The van der Waals surface area contributed by atoms with Gasteiger partial charge in [0.05, 0.1) is 11.4 Å². The average molecular weight is 399 g/mol. The Morgan fingerprint density at radius 3 is 2.54 bits per heavy atom. The number of rotatable bonds is 6. The molecular weight excluding hydrogens is 372 g/mol. The number of primary sulfonamides is 1. The highest BCUT2D eigenvalue weighted by molar-refractivity contribution is 7.89. The monoisotopic (exact) mass is 398 g/mol. The van der Waals surface area contributed by atoms with E-state index in [1.165, 1.54) is 12.1 Å². The molecule has 1 amide bonds. The lowest BCUT2D eigenvalue weighted by Gasteiger charge is -2.44. The van der Waals surface area contributed by atoms with E-state index in [9.17, 15) is 13.2 Å². The predicted molar refractivity (Wildman–Crippen MR) is 105 cm³/mol. The molecule has 1 aliphatic rings. The normalized spacial score (nSPS) is 19.8. The number of nitrogens with zero attached hydrogens (tertiary/aromatic N) is 1. The first kappa shape index (κ1) is 20.6. The molecule has 1 fully saturated rings. The Kier molecular flexibility index (Phi) is 6.25. The summed E-state index contributed by atoms with van der Waals surface area (Å²) in [5.41, 5.74) is 0.857. The molecule has 4 N–H and O–H groups in total. The van der Waals surface area contributed by atoms with Gasteiger partial charge in [0.25, 0.3) is 0 Å². The zero-order valence-corrected chi connectivity index (χ0v) is 16.9. The van der Waals surface area contributed by atoms with E-state index in [1.807, 2.05) is 4.90 Å². The molecule has 1 saturated heterocycles. The molecule has 1 heterocycles. The van der Waals surface area contributed by atoms with Crippen LogP contribution in [0.4, 0.5) is 0 Å². The summed E-state index contributed by atoms with van der Waals surface area (Å²) in [5.74, 6) is -0.0955. The van der Waals surface area contributed by atoms with Gasteiger partial charge < -0.3 is 15.5 Å². The summed E-state index contributed by atoms with van der Waals surface area (Å²) in [7, 11) is -3.68. The molecule has 0 unspecified atom stereocenters. The van der Waals surface area contributed by atoms with Crippen molar-refractivity contribution >= 4 is 33.3 Å². The van der Waals surface area contributed by atoms with Crippen LogP contribution in [0.3, 0.4) is 0 Å². The van der Waals surface area contributed by atoms with Gasteiger partial charge >= 0.3 is 0 Å². The maximum Gasteiger partial charge on any atom is 0.239 e. The lowest BCUT2D eigenvalue weighted by molar-refractivity contribution is -0.121. The SMILES string of the molecule is C[C@@H]1CC(C)(C)NC(=S)N1CC(=O)NCCc1ccc(S(N)(=O)=O)cc1. The standard InChI is InChI=1S/C17H26N4O3S2/c1-12-10-17(2,3)20-16(25)21(12)11-15(22)19-9-8-13-4-6-14(7-5-13)26(18,23)24/h4-7,12H,8-11H2,1-3H3,(H,19,22)(H,20,25)(H2,18,23,24)/t12-/m1/s1. The van der Waals surface area contributed by atoms with Crippen LogP contribution in [0.5, 0.6) is 0 Å². The van der Waals surface area contributed by atoms with Crippen LogP contribution in [-0.2, 0) is 21.2 Å². The second-order valence-corrected chi connectivity index (χ2v) is 9.23. The number of carbonyl (C=O) groups excluding carboxylic acids is 1. The largest absolute Gasteiger partial charge is 0.358 e. The van der Waals surface area contributed by atoms with Crippen molar-refractivity contribution in [2.24, 2.45) is 5.14 Å². The second kappa shape index (κ2) is 7.89. The highest BCUT2D eigenvalue weighted by atomic mass is 32.2. The third-order valence-corrected chi connectivity index (χ3v) is 5.61. The van der Waals surface area contributed by atoms with Gasteiger partial charge in [0.15, 0.2) is 5.11 Å². The summed E-state index contributed by atoms with van der Waals surface area (Å²) in [6, 6.07) is 6.51. The minimum atomic E-state index is -3.68. The molecule has 9 heteroatoms. The number of nitrogens with one attached hydrogen (secondary N) is 2. The van der Waals surface area contributed by atoms with E-state index in [0.717, 1.165) is 12.0 Å². The van der Waals surface area contributed by atoms with Crippen LogP contribution in [0.1, 0.15) is 32.8 Å². The van der Waals surface area contributed by atoms with Gasteiger partial charge in [-0.25, -0.2) is 13.6 Å². The Hall–Kier alpha value is -1.71. The van der Waals surface area contributed by atoms with Crippen molar-refractivity contribution < 1.29 is 13.2 Å². The summed E-state index contributed by atoms with van der Waals surface area (Å²) in [5, 5.41) is 11.8. The van der Waals surface area contributed by atoms with Gasteiger partial charge in [-0.1, -0.05) is 12.1 Å². The number of nitrogens with two attached hydrogens (primary N) is 1. The molecular formula is C17H26N4O3S2. The summed E-state index contributed by atoms with van der Waals surface area (Å²) < 4.78 is 22.5. The van der Waals surface area contributed by atoms with E-state index in [0.29, 0.717) is 18.1 Å². The first-order valence-corrected chi connectivity index (χ1v) is 10.4. The van der Waals surface area contributed by atoms with Gasteiger partial charge in [0, 0.05) is 18.1 Å². The van der Waals surface area contributed by atoms with Gasteiger partial charge in [0.2, 0.25) is 15.9 Å². The third-order valence-electron chi connectivity index (χ3n) is 4.35. The number of hydrogen-bond donors (Lipinski definition) is 3. The van der Waals surface area contributed by atoms with Crippen molar-refractivity contribution in [2.75, 3.05) is 13.1 Å². The minimum Gasteiger partial charge on any atom is -0.358 e. The molecule has 26 heavy (non-hydrogen) atoms. The summed E-state index contributed by atoms with van der Waals surface area (Å²) in [4.78, 5) is 14.2. The fraction of sp³-hybridized carbons (Fsp3) is 0.529. The fourth-order valence-electron chi connectivity index (χ4n) is 3.09. The van der Waals surface area contributed by atoms with Crippen molar-refractivity contribution in [1.82, 2.24) is 15.5 Å². The molecule has 1 aliphatic heterocycles. The lowest BCUT2D eigenvalue weighted by atomic mass is 9.93. The molecule has 0 saturated carbocycles. The van der Waals surface area contributed by atoms with Crippen molar-refractivity contribution in [2.45, 2.75) is 50.1 Å². The van der Waals surface area contributed by atoms with E-state index in [1.54, 1.807) is 12.1 Å². The molecule has 1 atom stereocenters. The van der Waals surface area contributed by atoms with Gasteiger partial charge in [-0.05, 0) is 63.5 Å². The van der Waals surface area contributed by atoms with Gasteiger partial charge in [-0.15, -0.1) is 0 Å². The average Bonchev–Trinajstić information content (AvgIpc) is 2.50. The number of benzene rings is 1. The Morgan fingerprint density at radius 2 is 2.00 bits per heavy atom. The van der Waals surface area contributed by atoms with Crippen LogP contribution < -0.4 is 15.8 Å². The van der Waals surface area contributed by atoms with Crippen LogP contribution in [0.2, 0.25) is 0 Å². The zero-order chi connectivity index (χ0) is 19.5. The predicted octanol–water partition coefficient (Wildman–Crippen LogP) is 0.740. The van der Waals surface area contributed by atoms with E-state index in [2.05, 4.69) is 31.4 Å². The summed E-state index contributed by atoms with van der Waals surface area (Å²) in [6.07, 6.45) is 1.50. The topological polar surface area (TPSA) is 105 Å². The molecule has 0 aliphatic carbocycles. The van der Waals surface area contributed by atoms with Gasteiger partial charge in [0.1, 0.15) is 0 Å². The van der Waals surface area contributed by atoms with E-state index < -0.39 is 10.0 Å². The van der Waals surface area contributed by atoms with Crippen molar-refractivity contribution in [1.29, 1.82) is 0 Å². The molecule has 1 aromatic rings. The van der Waals surface area contributed by atoms with Crippen molar-refractivity contribution in [3.63, 3.8) is 0 Å². The fourth-order valence-corrected chi connectivity index (χ4v) is 4.13. The highest BCUT2D eigenvalue weighted by Gasteiger charge is 2.33. The van der Waals surface area contributed by atoms with Gasteiger partial charge in [-0.3, -0.25) is 4.79 Å². The summed E-state index contributed by atoms with van der Waals surface area (Å²) in [6.45, 7) is 6.92. The third kappa shape index (κ3) is 5.65. The van der Waals surface area contributed by atoms with Crippen LogP contribution in [-0.4, -0.2) is 49.0 Å². The molecule has 1 aromatic carbocycles. The van der Waals surface area contributed by atoms with Crippen LogP contribution in [0, 0.1) is 0 Å². The Labute approximate surface area is 160 Å². The molecule has 7 nitrogen and oxygen atoms in total. The van der Waals surface area contributed by atoms with Crippen molar-refractivity contribution in [3.8, 4) is 0 Å².